The molecule has 0 aromatic carbocycles. The number of esters is 2. The smallest absolute Gasteiger partial charge is 0.409 e. The van der Waals surface area contributed by atoms with Crippen LogP contribution in [0, 0.1) is 11.8 Å². The molecule has 2 N–H and O–H groups in total. The molecule has 0 spiro atoms. The van der Waals surface area contributed by atoms with Crippen molar-refractivity contribution in [2.45, 2.75) is 97.7 Å². The van der Waals surface area contributed by atoms with Gasteiger partial charge in [-0.15, -0.1) is 0 Å². The van der Waals surface area contributed by atoms with Gasteiger partial charge in [-0.3, -0.25) is 9.59 Å². The minimum absolute atomic E-state index is 0.0355. The van der Waals surface area contributed by atoms with Crippen molar-refractivity contribution in [3.05, 3.63) is 36.0 Å². The Morgan fingerprint density at radius 2 is 1.92 bits per heavy atom. The summed E-state index contributed by atoms with van der Waals surface area (Å²) in [5.74, 6) is -1.42. The van der Waals surface area contributed by atoms with Gasteiger partial charge in [0.1, 0.15) is 17.8 Å². The molecule has 1 aliphatic rings. The van der Waals surface area contributed by atoms with Gasteiger partial charge in [0.15, 0.2) is 0 Å². The zero-order chi connectivity index (χ0) is 28.3. The molecule has 1 rings (SSSR count). The van der Waals surface area contributed by atoms with Crippen molar-refractivity contribution in [2.75, 3.05) is 13.7 Å². The van der Waals surface area contributed by atoms with Crippen LogP contribution < -0.4 is 0 Å². The number of hydrogen-bond donors (Lipinski definition) is 2. The third-order valence-corrected chi connectivity index (χ3v) is 6.40. The Bertz CT molecular complexity index is 860. The van der Waals surface area contributed by atoms with Gasteiger partial charge in [-0.2, -0.15) is 0 Å². The van der Waals surface area contributed by atoms with E-state index < -0.39 is 35.9 Å². The lowest BCUT2D eigenvalue weighted by molar-refractivity contribution is -0.157. The molecule has 9 heteroatoms. The van der Waals surface area contributed by atoms with E-state index in [1.807, 2.05) is 52.8 Å². The molecule has 9 nitrogen and oxygen atoms in total. The number of aliphatic hydroxyl groups excluding tert-OH is 1. The molecule has 0 aromatic heterocycles. The number of carbonyl (C=O) groups is 3. The molecule has 1 amide bonds. The third-order valence-electron chi connectivity index (χ3n) is 6.40. The number of nitrogens with zero attached hydrogens (tertiary/aromatic N) is 1. The van der Waals surface area contributed by atoms with Gasteiger partial charge in [0.05, 0.1) is 19.1 Å². The van der Waals surface area contributed by atoms with Crippen molar-refractivity contribution in [3.8, 4) is 0 Å². The number of amides is 1. The minimum Gasteiger partial charge on any atom is -0.457 e. The maximum Gasteiger partial charge on any atom is 0.409 e. The zero-order valence-corrected chi connectivity index (χ0v) is 23.5. The van der Waals surface area contributed by atoms with Crippen LogP contribution in [0.5, 0.6) is 0 Å². The van der Waals surface area contributed by atoms with E-state index in [2.05, 4.69) is 0 Å². The molecule has 0 saturated carbocycles. The lowest BCUT2D eigenvalue weighted by Gasteiger charge is -2.32. The van der Waals surface area contributed by atoms with Crippen molar-refractivity contribution < 1.29 is 38.8 Å². The number of ether oxygens (including phenoxy) is 3. The molecule has 0 aliphatic carbocycles. The van der Waals surface area contributed by atoms with Crippen molar-refractivity contribution in [3.63, 3.8) is 0 Å². The van der Waals surface area contributed by atoms with Gasteiger partial charge in [-0.25, -0.2) is 4.79 Å². The van der Waals surface area contributed by atoms with Crippen LogP contribution in [0.25, 0.3) is 0 Å². The first-order valence-corrected chi connectivity index (χ1v) is 12.8. The van der Waals surface area contributed by atoms with Crippen LogP contribution in [-0.2, 0) is 23.8 Å². The largest absolute Gasteiger partial charge is 0.457 e. The van der Waals surface area contributed by atoms with E-state index in [9.17, 15) is 24.6 Å². The summed E-state index contributed by atoms with van der Waals surface area (Å²) in [5.41, 5.74) is -0.661. The number of rotatable bonds is 7. The van der Waals surface area contributed by atoms with Crippen LogP contribution in [0.3, 0.4) is 0 Å². The molecule has 6 atom stereocenters. The quantitative estimate of drug-likeness (QED) is 0.223. The summed E-state index contributed by atoms with van der Waals surface area (Å²) in [6, 6.07) is 0.0464. The molecule has 1 heterocycles. The Hall–Kier alpha value is -2.65. The standard InChI is InChI=1S/C28H45NO8/c1-18(2)29(8)27(33)35-17-19(3)10-9-11-20(4)26-21(5)12-13-24(36-22(6)30)28(7,34)15-14-23(31)16-25(32)37-26/h9-13,18-19,21,23-24,26,31,34H,14-17H2,1-8H3/b10-9+,13-12+,20-11+/t19?,21-,23-,24-,26+,28-/m0/s1. The zero-order valence-electron chi connectivity index (χ0n) is 23.5. The number of hydrogen-bond acceptors (Lipinski definition) is 8. The van der Waals surface area contributed by atoms with E-state index in [-0.39, 0.29) is 49.8 Å². The van der Waals surface area contributed by atoms with E-state index in [0.717, 1.165) is 5.57 Å². The molecule has 1 unspecified atom stereocenters. The Morgan fingerprint density at radius 3 is 2.51 bits per heavy atom. The van der Waals surface area contributed by atoms with Crippen molar-refractivity contribution in [2.24, 2.45) is 11.8 Å². The highest BCUT2D eigenvalue weighted by atomic mass is 16.6. The van der Waals surface area contributed by atoms with Gasteiger partial charge in [0.25, 0.3) is 0 Å². The summed E-state index contributed by atoms with van der Waals surface area (Å²) in [4.78, 5) is 37.7. The van der Waals surface area contributed by atoms with Crippen LogP contribution in [0.4, 0.5) is 4.79 Å². The van der Waals surface area contributed by atoms with Gasteiger partial charge in [-0.05, 0) is 52.2 Å². The highest BCUT2D eigenvalue weighted by Gasteiger charge is 2.35. The Balaban J connectivity index is 3.05. The lowest BCUT2D eigenvalue weighted by atomic mass is 9.88. The number of carbonyl (C=O) groups excluding carboxylic acids is 3. The molecule has 0 bridgehead atoms. The summed E-state index contributed by atoms with van der Waals surface area (Å²) in [6.07, 6.45) is 6.02. The van der Waals surface area contributed by atoms with Crippen LogP contribution in [0.15, 0.2) is 36.0 Å². The first kappa shape index (κ1) is 32.4. The average molecular weight is 524 g/mol. The monoisotopic (exact) mass is 523 g/mol. The van der Waals surface area contributed by atoms with E-state index in [1.54, 1.807) is 26.1 Å². The maximum atomic E-state index is 12.5. The number of cyclic esters (lactones) is 1. The molecular formula is C28H45NO8. The SMILES string of the molecule is CC(=O)O[C@H]1/C=C/[C@H](C)[C@@H](/C(C)=C/C=C/C(C)COC(=O)N(C)C(C)C)OC(=O)C[C@@H](O)CC[C@]1(C)O. The Labute approximate surface area is 221 Å². The first-order valence-electron chi connectivity index (χ1n) is 12.8. The molecule has 0 fully saturated rings. The summed E-state index contributed by atoms with van der Waals surface area (Å²) < 4.78 is 16.4. The van der Waals surface area contributed by atoms with Crippen LogP contribution in [0.1, 0.15) is 67.7 Å². The Kier molecular flexibility index (Phi) is 13.1. The minimum atomic E-state index is -1.42. The predicted molar refractivity (Wildman–Crippen MR) is 141 cm³/mol. The van der Waals surface area contributed by atoms with Crippen LogP contribution in [-0.4, -0.2) is 76.8 Å². The summed E-state index contributed by atoms with van der Waals surface area (Å²) in [7, 11) is 1.69. The van der Waals surface area contributed by atoms with Crippen LogP contribution >= 0.6 is 0 Å². The van der Waals surface area contributed by atoms with E-state index in [4.69, 9.17) is 14.2 Å². The highest BCUT2D eigenvalue weighted by Crippen LogP contribution is 2.27. The first-order chi connectivity index (χ1) is 17.1. The third kappa shape index (κ3) is 11.5. The van der Waals surface area contributed by atoms with Gasteiger partial charge in [0.2, 0.25) is 0 Å². The highest BCUT2D eigenvalue weighted by molar-refractivity contribution is 5.70. The number of allylic oxidation sites excluding steroid dienone is 2. The number of aliphatic hydroxyl groups is 2. The fraction of sp³-hybridized carbons (Fsp3) is 0.679. The lowest BCUT2D eigenvalue weighted by Crippen LogP contribution is -2.42. The maximum absolute atomic E-state index is 12.5. The van der Waals surface area contributed by atoms with Gasteiger partial charge < -0.3 is 29.3 Å². The van der Waals surface area contributed by atoms with Gasteiger partial charge in [-0.1, -0.05) is 38.2 Å². The second-order valence-electron chi connectivity index (χ2n) is 10.5. The predicted octanol–water partition coefficient (Wildman–Crippen LogP) is 3.93. The average Bonchev–Trinajstić information content (AvgIpc) is 2.80. The Morgan fingerprint density at radius 1 is 1.27 bits per heavy atom. The molecule has 210 valence electrons. The van der Waals surface area contributed by atoms with Crippen molar-refractivity contribution >= 4 is 18.0 Å². The van der Waals surface area contributed by atoms with E-state index in [0.29, 0.717) is 0 Å². The van der Waals surface area contributed by atoms with Crippen LogP contribution in [0.2, 0.25) is 0 Å². The molecule has 0 aromatic rings. The van der Waals surface area contributed by atoms with Gasteiger partial charge >= 0.3 is 18.0 Å². The fourth-order valence-electron chi connectivity index (χ4n) is 3.69. The molecule has 0 radical (unpaired) electrons. The summed E-state index contributed by atoms with van der Waals surface area (Å²) in [5, 5.41) is 21.2. The molecule has 1 aliphatic heterocycles. The second kappa shape index (κ2) is 14.9. The topological polar surface area (TPSA) is 123 Å². The van der Waals surface area contributed by atoms with E-state index >= 15 is 0 Å². The molecule has 0 saturated heterocycles. The molecule has 37 heavy (non-hydrogen) atoms. The molecular weight excluding hydrogens is 478 g/mol. The second-order valence-corrected chi connectivity index (χ2v) is 10.5. The summed E-state index contributed by atoms with van der Waals surface area (Å²) >= 11 is 0. The normalized spacial score (nSPS) is 29.6. The van der Waals surface area contributed by atoms with Crippen molar-refractivity contribution in [1.82, 2.24) is 4.90 Å². The van der Waals surface area contributed by atoms with E-state index in [1.165, 1.54) is 11.8 Å². The van der Waals surface area contributed by atoms with Crippen molar-refractivity contribution in [1.29, 1.82) is 0 Å². The summed E-state index contributed by atoms with van der Waals surface area (Å²) in [6.45, 7) is 12.5. The van der Waals surface area contributed by atoms with Gasteiger partial charge in [0, 0.05) is 31.8 Å². The fourth-order valence-corrected chi connectivity index (χ4v) is 3.69.